The second-order valence-electron chi connectivity index (χ2n) is 5.53. The van der Waals surface area contributed by atoms with Gasteiger partial charge in [-0.15, -0.1) is 4.83 Å². The molecular weight excluding hydrogens is 391 g/mol. The highest BCUT2D eigenvalue weighted by molar-refractivity contribution is 7.89. The van der Waals surface area contributed by atoms with Crippen molar-refractivity contribution in [3.63, 3.8) is 0 Å². The first-order chi connectivity index (χ1) is 13.2. The van der Waals surface area contributed by atoms with Gasteiger partial charge in [0, 0.05) is 0 Å². The third kappa shape index (κ3) is 5.51. The largest absolute Gasteiger partial charge is 0.478 e. The maximum absolute atomic E-state index is 13.5. The molecule has 2 N–H and O–H groups in total. The Kier molecular flexibility index (Phi) is 7.07. The summed E-state index contributed by atoms with van der Waals surface area (Å²) in [4.78, 5) is 25.3. The number of nitrogens with one attached hydrogen (secondary N) is 2. The van der Waals surface area contributed by atoms with Gasteiger partial charge in [-0.1, -0.05) is 12.1 Å². The number of hydrogen-bond acceptors (Lipinski definition) is 6. The van der Waals surface area contributed by atoms with Crippen LogP contribution >= 0.6 is 0 Å². The van der Waals surface area contributed by atoms with E-state index in [0.29, 0.717) is 0 Å². The van der Waals surface area contributed by atoms with E-state index in [4.69, 9.17) is 9.47 Å². The molecule has 0 fully saturated rings. The van der Waals surface area contributed by atoms with Gasteiger partial charge in [0.15, 0.2) is 17.7 Å². The lowest BCUT2D eigenvalue weighted by Crippen LogP contribution is -2.47. The standard InChI is InChI=1S/C18H19FN2O6S/c1-3-26-18(23)13-8-10-14(11-9-13)28(24,25)21-20-17(22)12(2)27-16-7-5-4-6-15(16)19/h4-12,21H,3H2,1-2H3,(H,20,22)/t12-/m0/s1. The van der Waals surface area contributed by atoms with Gasteiger partial charge >= 0.3 is 5.97 Å². The molecule has 2 aromatic carbocycles. The number of ether oxygens (including phenoxy) is 2. The van der Waals surface area contributed by atoms with Crippen LogP contribution in [-0.4, -0.2) is 33.0 Å². The molecule has 0 aliphatic heterocycles. The quantitative estimate of drug-likeness (QED) is 0.507. The molecule has 0 bridgehead atoms. The van der Waals surface area contributed by atoms with Crippen molar-refractivity contribution in [1.82, 2.24) is 10.3 Å². The van der Waals surface area contributed by atoms with E-state index in [0.717, 1.165) is 0 Å². The first-order valence-corrected chi connectivity index (χ1v) is 9.73. The molecule has 8 nitrogen and oxygen atoms in total. The van der Waals surface area contributed by atoms with Crippen LogP contribution in [0.25, 0.3) is 0 Å². The summed E-state index contributed by atoms with van der Waals surface area (Å²) in [6, 6.07) is 10.5. The lowest BCUT2D eigenvalue weighted by molar-refractivity contribution is -0.127. The summed E-state index contributed by atoms with van der Waals surface area (Å²) < 4.78 is 48.0. The highest BCUT2D eigenvalue weighted by atomic mass is 32.2. The first kappa shape index (κ1) is 21.3. The average molecular weight is 410 g/mol. The third-order valence-electron chi connectivity index (χ3n) is 3.49. The van der Waals surface area contributed by atoms with Gasteiger partial charge in [-0.2, -0.15) is 0 Å². The summed E-state index contributed by atoms with van der Waals surface area (Å²) >= 11 is 0. The molecule has 0 spiro atoms. The Morgan fingerprint density at radius 1 is 1.11 bits per heavy atom. The summed E-state index contributed by atoms with van der Waals surface area (Å²) in [6.45, 7) is 3.18. The summed E-state index contributed by atoms with van der Waals surface area (Å²) in [5, 5.41) is 0. The molecule has 0 saturated heterocycles. The number of hydrogen-bond donors (Lipinski definition) is 2. The number of amides is 1. The molecule has 0 aliphatic rings. The third-order valence-corrected chi connectivity index (χ3v) is 4.76. The predicted octanol–water partition coefficient (Wildman–Crippen LogP) is 1.78. The number of sulfonamides is 1. The van der Waals surface area contributed by atoms with Crippen molar-refractivity contribution in [2.24, 2.45) is 0 Å². The average Bonchev–Trinajstić information content (AvgIpc) is 2.68. The van der Waals surface area contributed by atoms with Crippen LogP contribution in [0.1, 0.15) is 24.2 Å². The molecule has 28 heavy (non-hydrogen) atoms. The number of hydrazine groups is 1. The van der Waals surface area contributed by atoms with E-state index in [2.05, 4.69) is 0 Å². The summed E-state index contributed by atoms with van der Waals surface area (Å²) in [7, 11) is -4.09. The van der Waals surface area contributed by atoms with Gasteiger partial charge in [0.1, 0.15) is 0 Å². The summed E-state index contributed by atoms with van der Waals surface area (Å²) in [5.41, 5.74) is 2.19. The Morgan fingerprint density at radius 2 is 1.75 bits per heavy atom. The minimum atomic E-state index is -4.09. The zero-order valence-electron chi connectivity index (χ0n) is 15.1. The zero-order chi connectivity index (χ0) is 20.7. The first-order valence-electron chi connectivity index (χ1n) is 8.24. The van der Waals surface area contributed by atoms with E-state index >= 15 is 0 Å². The van der Waals surface area contributed by atoms with Crippen LogP contribution in [0, 0.1) is 5.82 Å². The second-order valence-corrected chi connectivity index (χ2v) is 7.21. The van der Waals surface area contributed by atoms with Gasteiger partial charge in [0.05, 0.1) is 17.1 Å². The summed E-state index contributed by atoms with van der Waals surface area (Å²) in [6.07, 6.45) is -1.16. The van der Waals surface area contributed by atoms with Crippen molar-refractivity contribution in [1.29, 1.82) is 0 Å². The molecule has 0 saturated carbocycles. The minimum Gasteiger partial charge on any atom is -0.478 e. The monoisotopic (exact) mass is 410 g/mol. The van der Waals surface area contributed by atoms with Gasteiger partial charge in [-0.3, -0.25) is 10.2 Å². The second kappa shape index (κ2) is 9.29. The van der Waals surface area contributed by atoms with Gasteiger partial charge in [0.25, 0.3) is 15.9 Å². The fourth-order valence-electron chi connectivity index (χ4n) is 2.05. The number of carbonyl (C=O) groups is 2. The summed E-state index contributed by atoms with van der Waals surface area (Å²) in [5.74, 6) is -2.19. The molecule has 150 valence electrons. The number of benzene rings is 2. The van der Waals surface area contributed by atoms with Gasteiger partial charge < -0.3 is 9.47 Å². The van der Waals surface area contributed by atoms with Crippen LogP contribution < -0.4 is 15.0 Å². The van der Waals surface area contributed by atoms with Crippen molar-refractivity contribution in [3.05, 3.63) is 59.9 Å². The van der Waals surface area contributed by atoms with E-state index in [9.17, 15) is 22.4 Å². The van der Waals surface area contributed by atoms with E-state index < -0.39 is 33.8 Å². The van der Waals surface area contributed by atoms with Crippen molar-refractivity contribution < 1.29 is 31.9 Å². The molecule has 0 unspecified atom stereocenters. The van der Waals surface area contributed by atoms with Gasteiger partial charge in [-0.05, 0) is 50.2 Å². The lowest BCUT2D eigenvalue weighted by atomic mass is 10.2. The van der Waals surface area contributed by atoms with Gasteiger partial charge in [0.2, 0.25) is 0 Å². The zero-order valence-corrected chi connectivity index (χ0v) is 16.0. The number of halogens is 1. The highest BCUT2D eigenvalue weighted by Gasteiger charge is 2.20. The number of rotatable bonds is 8. The van der Waals surface area contributed by atoms with E-state index in [1.165, 1.54) is 55.5 Å². The van der Waals surface area contributed by atoms with E-state index in [-0.39, 0.29) is 22.8 Å². The smallest absolute Gasteiger partial charge is 0.338 e. The van der Waals surface area contributed by atoms with Gasteiger partial charge in [-0.25, -0.2) is 17.6 Å². The van der Waals surface area contributed by atoms with Crippen LogP contribution in [0.15, 0.2) is 53.4 Å². The topological polar surface area (TPSA) is 111 Å². The van der Waals surface area contributed by atoms with E-state index in [1.807, 2.05) is 10.3 Å². The van der Waals surface area contributed by atoms with Crippen LogP contribution in [0.3, 0.4) is 0 Å². The maximum atomic E-state index is 13.5. The Morgan fingerprint density at radius 3 is 2.36 bits per heavy atom. The fraction of sp³-hybridized carbons (Fsp3) is 0.222. The Hall–Kier alpha value is -2.98. The Bertz CT molecular complexity index is 947. The lowest BCUT2D eigenvalue weighted by Gasteiger charge is -2.15. The van der Waals surface area contributed by atoms with Crippen LogP contribution in [0.2, 0.25) is 0 Å². The normalized spacial score (nSPS) is 12.1. The van der Waals surface area contributed by atoms with Crippen LogP contribution in [0.4, 0.5) is 4.39 Å². The molecule has 0 aliphatic carbocycles. The molecule has 0 heterocycles. The van der Waals surface area contributed by atoms with Crippen molar-refractivity contribution in [2.75, 3.05) is 6.61 Å². The number of carbonyl (C=O) groups excluding carboxylic acids is 2. The van der Waals surface area contributed by atoms with Crippen molar-refractivity contribution >= 4 is 21.9 Å². The molecule has 2 rings (SSSR count). The minimum absolute atomic E-state index is 0.137. The molecule has 2 aromatic rings. The molecule has 10 heteroatoms. The molecule has 0 radical (unpaired) electrons. The van der Waals surface area contributed by atoms with Crippen LogP contribution in [0.5, 0.6) is 5.75 Å². The predicted molar refractivity (Wildman–Crippen MR) is 97.4 cm³/mol. The Labute approximate surface area is 161 Å². The van der Waals surface area contributed by atoms with E-state index in [1.54, 1.807) is 6.92 Å². The number of para-hydroxylation sites is 1. The number of esters is 1. The van der Waals surface area contributed by atoms with Crippen molar-refractivity contribution in [2.45, 2.75) is 24.8 Å². The Balaban J connectivity index is 1.97. The molecule has 1 amide bonds. The molecular formula is C18H19FN2O6S. The molecule has 0 aromatic heterocycles. The van der Waals surface area contributed by atoms with Crippen molar-refractivity contribution in [3.8, 4) is 5.75 Å². The molecule has 1 atom stereocenters. The SMILES string of the molecule is CCOC(=O)c1ccc(S(=O)(=O)NNC(=O)[C@H](C)Oc2ccccc2F)cc1. The highest BCUT2D eigenvalue weighted by Crippen LogP contribution is 2.17. The fourth-order valence-corrected chi connectivity index (χ4v) is 2.89. The van der Waals surface area contributed by atoms with Crippen LogP contribution in [-0.2, 0) is 19.6 Å². The maximum Gasteiger partial charge on any atom is 0.338 e.